The minimum atomic E-state index is -0.400. The number of amides is 1. The fourth-order valence-corrected chi connectivity index (χ4v) is 4.00. The van der Waals surface area contributed by atoms with Gasteiger partial charge in [-0.05, 0) is 39.0 Å². The molecule has 3 aliphatic rings. The molecule has 3 rings (SSSR count). The molecule has 3 fully saturated rings. The second-order valence-electron chi connectivity index (χ2n) is 8.90. The van der Waals surface area contributed by atoms with Crippen molar-refractivity contribution in [3.63, 3.8) is 0 Å². The van der Waals surface area contributed by atoms with E-state index in [2.05, 4.69) is 11.8 Å². The highest BCUT2D eigenvalue weighted by molar-refractivity contribution is 5.69. The predicted octanol–water partition coefficient (Wildman–Crippen LogP) is 2.36. The molecule has 0 aromatic carbocycles. The van der Waals surface area contributed by atoms with E-state index in [4.69, 9.17) is 9.47 Å². The van der Waals surface area contributed by atoms with Crippen LogP contribution < -0.4 is 0 Å². The van der Waals surface area contributed by atoms with E-state index in [1.807, 2.05) is 25.7 Å². The molecular weight excluding hydrogens is 280 g/mol. The predicted molar refractivity (Wildman–Crippen MR) is 84.8 cm³/mol. The first-order valence-electron chi connectivity index (χ1n) is 8.47. The Bertz CT molecular complexity index is 424. The van der Waals surface area contributed by atoms with Gasteiger partial charge in [-0.25, -0.2) is 4.79 Å². The van der Waals surface area contributed by atoms with Gasteiger partial charge in [0.2, 0.25) is 0 Å². The van der Waals surface area contributed by atoms with Gasteiger partial charge < -0.3 is 19.3 Å². The van der Waals surface area contributed by atoms with Gasteiger partial charge >= 0.3 is 6.09 Å². The third-order valence-corrected chi connectivity index (χ3v) is 5.13. The van der Waals surface area contributed by atoms with E-state index in [-0.39, 0.29) is 6.09 Å². The Morgan fingerprint density at radius 2 is 1.73 bits per heavy atom. The van der Waals surface area contributed by atoms with Crippen molar-refractivity contribution in [2.24, 2.45) is 10.8 Å². The number of carbonyl (C=O) groups excluding carboxylic acids is 1. The number of hydrogen-bond donors (Lipinski definition) is 0. The summed E-state index contributed by atoms with van der Waals surface area (Å²) >= 11 is 0. The van der Waals surface area contributed by atoms with E-state index in [1.54, 1.807) is 0 Å². The maximum Gasteiger partial charge on any atom is 0.410 e. The van der Waals surface area contributed by atoms with Gasteiger partial charge in [0.1, 0.15) is 5.60 Å². The van der Waals surface area contributed by atoms with Crippen LogP contribution in [0.2, 0.25) is 0 Å². The molecule has 1 amide bonds. The molecule has 3 saturated heterocycles. The first-order valence-corrected chi connectivity index (χ1v) is 8.47. The lowest BCUT2D eigenvalue weighted by molar-refractivity contribution is -0.127. The van der Waals surface area contributed by atoms with Crippen molar-refractivity contribution >= 4 is 6.09 Å². The van der Waals surface area contributed by atoms with Crippen LogP contribution in [0.1, 0.15) is 40.5 Å². The lowest BCUT2D eigenvalue weighted by Crippen LogP contribution is -2.73. The fraction of sp³-hybridized carbons (Fsp3) is 0.941. The zero-order chi connectivity index (χ0) is 16.0. The van der Waals surface area contributed by atoms with E-state index in [0.717, 1.165) is 39.4 Å². The van der Waals surface area contributed by atoms with Gasteiger partial charge in [-0.3, -0.25) is 0 Å². The van der Waals surface area contributed by atoms with Crippen LogP contribution in [0.25, 0.3) is 0 Å². The van der Waals surface area contributed by atoms with Gasteiger partial charge in [-0.15, -0.1) is 0 Å². The quantitative estimate of drug-likeness (QED) is 0.785. The molecular formula is C17H30N2O3. The van der Waals surface area contributed by atoms with Crippen molar-refractivity contribution in [1.82, 2.24) is 9.80 Å². The third kappa shape index (κ3) is 3.40. The van der Waals surface area contributed by atoms with E-state index in [9.17, 15) is 4.79 Å². The summed E-state index contributed by atoms with van der Waals surface area (Å²) < 4.78 is 10.9. The van der Waals surface area contributed by atoms with Crippen LogP contribution in [0.4, 0.5) is 4.79 Å². The molecule has 3 aliphatic heterocycles. The average molecular weight is 310 g/mol. The second kappa shape index (κ2) is 5.38. The number of carbonyl (C=O) groups is 1. The molecule has 126 valence electrons. The molecule has 0 aliphatic carbocycles. The third-order valence-electron chi connectivity index (χ3n) is 5.13. The van der Waals surface area contributed by atoms with Gasteiger partial charge in [0.25, 0.3) is 0 Å². The van der Waals surface area contributed by atoms with Gasteiger partial charge in [-0.1, -0.05) is 6.92 Å². The SMILES string of the molecule is CC1(CN2CC3(C2)CN(C(=O)OC(C)(C)C)C3)CCOCC1. The highest BCUT2D eigenvalue weighted by Crippen LogP contribution is 2.42. The van der Waals surface area contributed by atoms with E-state index in [1.165, 1.54) is 19.4 Å². The monoisotopic (exact) mass is 310 g/mol. The molecule has 0 atom stereocenters. The first-order chi connectivity index (χ1) is 10.2. The molecule has 0 unspecified atom stereocenters. The van der Waals surface area contributed by atoms with Gasteiger partial charge in [0.05, 0.1) is 0 Å². The molecule has 0 aromatic rings. The number of likely N-dealkylation sites (tertiary alicyclic amines) is 2. The van der Waals surface area contributed by atoms with E-state index in [0.29, 0.717) is 10.8 Å². The minimum absolute atomic E-state index is 0.159. The highest BCUT2D eigenvalue weighted by Gasteiger charge is 2.54. The Kier molecular flexibility index (Phi) is 3.92. The molecule has 22 heavy (non-hydrogen) atoms. The van der Waals surface area contributed by atoms with Crippen LogP contribution >= 0.6 is 0 Å². The molecule has 0 N–H and O–H groups in total. The summed E-state index contributed by atoms with van der Waals surface area (Å²) in [6, 6.07) is 0. The van der Waals surface area contributed by atoms with E-state index >= 15 is 0 Å². The Hall–Kier alpha value is -0.810. The van der Waals surface area contributed by atoms with Gasteiger partial charge in [-0.2, -0.15) is 0 Å². The number of hydrogen-bond acceptors (Lipinski definition) is 4. The lowest BCUT2D eigenvalue weighted by atomic mass is 9.71. The first kappa shape index (κ1) is 16.1. The maximum atomic E-state index is 12.0. The maximum absolute atomic E-state index is 12.0. The zero-order valence-corrected chi connectivity index (χ0v) is 14.5. The number of nitrogens with zero attached hydrogens (tertiary/aromatic N) is 2. The molecule has 5 heteroatoms. The van der Waals surface area contributed by atoms with Crippen molar-refractivity contribution in [3.8, 4) is 0 Å². The molecule has 0 saturated carbocycles. The number of rotatable bonds is 2. The van der Waals surface area contributed by atoms with E-state index < -0.39 is 5.60 Å². The molecule has 1 spiro atoms. The molecule has 5 nitrogen and oxygen atoms in total. The van der Waals surface area contributed by atoms with Crippen molar-refractivity contribution in [2.45, 2.75) is 46.1 Å². The van der Waals surface area contributed by atoms with Crippen molar-refractivity contribution < 1.29 is 14.3 Å². The topological polar surface area (TPSA) is 42.0 Å². The van der Waals surface area contributed by atoms with Crippen molar-refractivity contribution in [2.75, 3.05) is 45.9 Å². The highest BCUT2D eigenvalue weighted by atomic mass is 16.6. The fourth-order valence-electron chi connectivity index (χ4n) is 4.00. The largest absolute Gasteiger partial charge is 0.444 e. The molecule has 0 bridgehead atoms. The summed E-state index contributed by atoms with van der Waals surface area (Å²) in [5, 5.41) is 0. The van der Waals surface area contributed by atoms with Crippen LogP contribution in [-0.4, -0.2) is 67.4 Å². The van der Waals surface area contributed by atoms with Gasteiger partial charge in [0, 0.05) is 51.4 Å². The summed E-state index contributed by atoms with van der Waals surface area (Å²) in [5.74, 6) is 0. The zero-order valence-electron chi connectivity index (χ0n) is 14.5. The molecule has 0 aromatic heterocycles. The van der Waals surface area contributed by atoms with Crippen LogP contribution in [0.5, 0.6) is 0 Å². The summed E-state index contributed by atoms with van der Waals surface area (Å²) in [7, 11) is 0. The average Bonchev–Trinajstić information content (AvgIpc) is 2.28. The standard InChI is InChI=1S/C17H30N2O3/c1-15(2,3)22-14(20)19-12-17(13-19)10-18(11-17)9-16(4)5-7-21-8-6-16/h5-13H2,1-4H3. The number of ether oxygens (including phenoxy) is 2. The van der Waals surface area contributed by atoms with Crippen LogP contribution in [-0.2, 0) is 9.47 Å². The van der Waals surface area contributed by atoms with Crippen molar-refractivity contribution in [3.05, 3.63) is 0 Å². The Balaban J connectivity index is 1.40. The second-order valence-corrected chi connectivity index (χ2v) is 8.90. The van der Waals surface area contributed by atoms with Gasteiger partial charge in [0.15, 0.2) is 0 Å². The van der Waals surface area contributed by atoms with Crippen molar-refractivity contribution in [1.29, 1.82) is 0 Å². The summed E-state index contributed by atoms with van der Waals surface area (Å²) in [5.41, 5.74) is 0.357. The lowest BCUT2D eigenvalue weighted by Gasteiger charge is -2.61. The molecule has 0 radical (unpaired) electrons. The van der Waals surface area contributed by atoms with Crippen LogP contribution in [0, 0.1) is 10.8 Å². The smallest absolute Gasteiger partial charge is 0.410 e. The summed E-state index contributed by atoms with van der Waals surface area (Å²) in [4.78, 5) is 16.4. The van der Waals surface area contributed by atoms with Crippen LogP contribution in [0.15, 0.2) is 0 Å². The summed E-state index contributed by atoms with van der Waals surface area (Å²) in [6.45, 7) is 15.1. The minimum Gasteiger partial charge on any atom is -0.444 e. The Morgan fingerprint density at radius 1 is 1.14 bits per heavy atom. The Morgan fingerprint density at radius 3 is 2.27 bits per heavy atom. The summed E-state index contributed by atoms with van der Waals surface area (Å²) in [6.07, 6.45) is 2.18. The van der Waals surface area contributed by atoms with Crippen LogP contribution in [0.3, 0.4) is 0 Å². The molecule has 3 heterocycles. The normalized spacial score (nSPS) is 27.2. The Labute approximate surface area is 133 Å².